The van der Waals surface area contributed by atoms with E-state index in [0.717, 1.165) is 5.57 Å². The van der Waals surface area contributed by atoms with Crippen LogP contribution in [0.2, 0.25) is 0 Å². The van der Waals surface area contributed by atoms with E-state index in [-0.39, 0.29) is 5.11 Å². The number of alkyl carbamates (subject to hydrolysis) is 1. The monoisotopic (exact) mass is 267 g/mol. The molecule has 98 valence electrons. The van der Waals surface area contributed by atoms with E-state index in [2.05, 4.69) is 22.5 Å². The summed E-state index contributed by atoms with van der Waals surface area (Å²) in [5, 5.41) is 5.41. The summed E-state index contributed by atoms with van der Waals surface area (Å²) >= 11 is 4.98. The van der Waals surface area contributed by atoms with Gasteiger partial charge in [0.05, 0.1) is 6.61 Å². The molecule has 1 atom stereocenters. The van der Waals surface area contributed by atoms with Gasteiger partial charge in [-0.1, -0.05) is 18.6 Å². The number of aliphatic imine (C=N–C) groups is 1. The van der Waals surface area contributed by atoms with Gasteiger partial charge in [-0.2, -0.15) is 0 Å². The topological polar surface area (TPSA) is 62.7 Å². The van der Waals surface area contributed by atoms with Crippen LogP contribution in [0.25, 0.3) is 0 Å². The van der Waals surface area contributed by atoms with E-state index < -0.39 is 6.09 Å². The standard InChI is InChI=1S/C12H17N3O2S/c1-4-17-12(16)15-11(18)14-10-7-9(3)8(2)5-6-13-10/h5-8H,4H2,1-3H3,(H2,13,14,15,16,18). The molecule has 18 heavy (non-hydrogen) atoms. The molecule has 5 nitrogen and oxygen atoms in total. The molecule has 1 heterocycles. The summed E-state index contributed by atoms with van der Waals surface area (Å²) in [5.41, 5.74) is 1.16. The Morgan fingerprint density at radius 3 is 3.00 bits per heavy atom. The number of amidine groups is 1. The van der Waals surface area contributed by atoms with Gasteiger partial charge in [0.15, 0.2) is 5.11 Å². The predicted octanol–water partition coefficient (Wildman–Crippen LogP) is 2.12. The molecule has 1 rings (SSSR count). The zero-order valence-corrected chi connectivity index (χ0v) is 11.5. The molecule has 0 aromatic rings. The van der Waals surface area contributed by atoms with Crippen LogP contribution in [0.4, 0.5) is 4.79 Å². The summed E-state index contributed by atoms with van der Waals surface area (Å²) in [6, 6.07) is 0. The van der Waals surface area contributed by atoms with Gasteiger partial charge in [0.25, 0.3) is 0 Å². The minimum atomic E-state index is -0.575. The first-order valence-electron chi connectivity index (χ1n) is 5.70. The summed E-state index contributed by atoms with van der Waals surface area (Å²) in [6.07, 6.45) is 5.02. The third-order valence-corrected chi connectivity index (χ3v) is 2.61. The minimum absolute atomic E-state index is 0.166. The van der Waals surface area contributed by atoms with Gasteiger partial charge in [-0.05, 0) is 38.1 Å². The summed E-state index contributed by atoms with van der Waals surface area (Å²) in [6.45, 7) is 6.12. The average Bonchev–Trinajstić information content (AvgIpc) is 2.41. The van der Waals surface area contributed by atoms with Crippen molar-refractivity contribution in [2.45, 2.75) is 20.8 Å². The number of nitrogens with zero attached hydrogens (tertiary/aromatic N) is 1. The number of nitrogens with one attached hydrogen (secondary N) is 2. The van der Waals surface area contributed by atoms with E-state index in [9.17, 15) is 4.79 Å². The number of thiocarbonyl (C=S) groups is 1. The Morgan fingerprint density at radius 2 is 2.33 bits per heavy atom. The lowest BCUT2D eigenvalue weighted by Gasteiger charge is -2.09. The van der Waals surface area contributed by atoms with Crippen molar-refractivity contribution in [2.24, 2.45) is 10.9 Å². The number of rotatable bonds is 1. The smallest absolute Gasteiger partial charge is 0.413 e. The van der Waals surface area contributed by atoms with Crippen LogP contribution in [0.3, 0.4) is 0 Å². The SMILES string of the molecule is CCOC(=O)NC(=S)NC1=NC=CC(C)C(C)=C1. The summed E-state index contributed by atoms with van der Waals surface area (Å²) in [4.78, 5) is 15.3. The van der Waals surface area contributed by atoms with Gasteiger partial charge in [-0.3, -0.25) is 5.32 Å². The molecular weight excluding hydrogens is 250 g/mol. The van der Waals surface area contributed by atoms with Crippen molar-refractivity contribution in [1.29, 1.82) is 0 Å². The Morgan fingerprint density at radius 1 is 1.61 bits per heavy atom. The van der Waals surface area contributed by atoms with Crippen LogP contribution in [-0.4, -0.2) is 23.6 Å². The fourth-order valence-corrected chi connectivity index (χ4v) is 1.45. The van der Waals surface area contributed by atoms with Gasteiger partial charge in [0, 0.05) is 6.20 Å². The van der Waals surface area contributed by atoms with E-state index in [1.165, 1.54) is 0 Å². The van der Waals surface area contributed by atoms with Crippen molar-refractivity contribution < 1.29 is 9.53 Å². The fraction of sp³-hybridized carbons (Fsp3) is 0.417. The highest BCUT2D eigenvalue weighted by molar-refractivity contribution is 7.80. The highest BCUT2D eigenvalue weighted by Gasteiger charge is 2.08. The zero-order chi connectivity index (χ0) is 13.5. The Kier molecular flexibility index (Phi) is 5.51. The normalized spacial score (nSPS) is 18.3. The third-order valence-electron chi connectivity index (χ3n) is 2.40. The maximum absolute atomic E-state index is 11.1. The number of ether oxygens (including phenoxy) is 1. The first-order valence-corrected chi connectivity index (χ1v) is 6.11. The van der Waals surface area contributed by atoms with Gasteiger partial charge < -0.3 is 10.1 Å². The van der Waals surface area contributed by atoms with Crippen LogP contribution >= 0.6 is 12.2 Å². The molecule has 1 amide bonds. The molecule has 1 unspecified atom stereocenters. The lowest BCUT2D eigenvalue weighted by atomic mass is 10.0. The van der Waals surface area contributed by atoms with E-state index in [1.54, 1.807) is 13.1 Å². The molecular formula is C12H17N3O2S. The fourth-order valence-electron chi connectivity index (χ4n) is 1.26. The second-order valence-corrected chi connectivity index (χ2v) is 4.24. The molecule has 0 bridgehead atoms. The van der Waals surface area contributed by atoms with Crippen molar-refractivity contribution in [1.82, 2.24) is 10.6 Å². The van der Waals surface area contributed by atoms with Crippen LogP contribution in [0.1, 0.15) is 20.8 Å². The second-order valence-electron chi connectivity index (χ2n) is 3.83. The Labute approximate surface area is 112 Å². The quantitative estimate of drug-likeness (QED) is 0.714. The molecule has 2 N–H and O–H groups in total. The van der Waals surface area contributed by atoms with Crippen LogP contribution in [0, 0.1) is 5.92 Å². The maximum atomic E-state index is 11.1. The van der Waals surface area contributed by atoms with E-state index in [4.69, 9.17) is 17.0 Å². The van der Waals surface area contributed by atoms with Crippen LogP contribution in [-0.2, 0) is 4.74 Å². The number of carbonyl (C=O) groups excluding carboxylic acids is 1. The van der Waals surface area contributed by atoms with Crippen LogP contribution < -0.4 is 10.6 Å². The van der Waals surface area contributed by atoms with Crippen molar-refractivity contribution in [3.63, 3.8) is 0 Å². The molecule has 6 heteroatoms. The molecule has 1 aliphatic rings. The lowest BCUT2D eigenvalue weighted by molar-refractivity contribution is 0.158. The number of hydrogen-bond acceptors (Lipinski definition) is 4. The lowest BCUT2D eigenvalue weighted by Crippen LogP contribution is -2.42. The Bertz CT molecular complexity index is 427. The van der Waals surface area contributed by atoms with Gasteiger partial charge in [0.2, 0.25) is 0 Å². The molecule has 0 aliphatic carbocycles. The number of amides is 1. The van der Waals surface area contributed by atoms with Crippen molar-refractivity contribution in [3.8, 4) is 0 Å². The Balaban J connectivity index is 2.57. The van der Waals surface area contributed by atoms with Crippen molar-refractivity contribution in [3.05, 3.63) is 23.9 Å². The molecule has 0 saturated heterocycles. The summed E-state index contributed by atoms with van der Waals surface area (Å²) in [5.74, 6) is 0.925. The first kappa shape index (κ1) is 14.4. The van der Waals surface area contributed by atoms with Gasteiger partial charge >= 0.3 is 6.09 Å². The number of allylic oxidation sites excluding steroid dienone is 2. The molecule has 1 aliphatic heterocycles. The highest BCUT2D eigenvalue weighted by atomic mass is 32.1. The first-order chi connectivity index (χ1) is 8.52. The summed E-state index contributed by atoms with van der Waals surface area (Å²) < 4.78 is 4.72. The van der Waals surface area contributed by atoms with Crippen LogP contribution in [0.5, 0.6) is 0 Å². The largest absolute Gasteiger partial charge is 0.450 e. The summed E-state index contributed by atoms with van der Waals surface area (Å²) in [7, 11) is 0. The van der Waals surface area contributed by atoms with Crippen LogP contribution in [0.15, 0.2) is 28.9 Å². The van der Waals surface area contributed by atoms with E-state index in [1.807, 2.05) is 19.1 Å². The molecule has 0 aromatic heterocycles. The predicted molar refractivity (Wildman–Crippen MR) is 75.4 cm³/mol. The van der Waals surface area contributed by atoms with Gasteiger partial charge in [0.1, 0.15) is 5.84 Å². The highest BCUT2D eigenvalue weighted by Crippen LogP contribution is 2.13. The third kappa shape index (κ3) is 4.67. The second kappa shape index (κ2) is 6.90. The van der Waals surface area contributed by atoms with Gasteiger partial charge in [-0.15, -0.1) is 0 Å². The zero-order valence-electron chi connectivity index (χ0n) is 10.7. The van der Waals surface area contributed by atoms with Crippen molar-refractivity contribution >= 4 is 29.3 Å². The molecule has 0 saturated carbocycles. The minimum Gasteiger partial charge on any atom is -0.450 e. The van der Waals surface area contributed by atoms with Gasteiger partial charge in [-0.25, -0.2) is 9.79 Å². The number of hydrogen-bond donors (Lipinski definition) is 2. The maximum Gasteiger partial charge on any atom is 0.413 e. The van der Waals surface area contributed by atoms with E-state index in [0.29, 0.717) is 18.4 Å². The molecule has 0 fully saturated rings. The molecule has 0 radical (unpaired) electrons. The Hall–Kier alpha value is -1.69. The number of carbonyl (C=O) groups is 1. The van der Waals surface area contributed by atoms with E-state index >= 15 is 0 Å². The molecule has 0 spiro atoms. The molecule has 0 aromatic carbocycles. The van der Waals surface area contributed by atoms with Crippen molar-refractivity contribution in [2.75, 3.05) is 6.61 Å². The average molecular weight is 267 g/mol.